The highest BCUT2D eigenvalue weighted by molar-refractivity contribution is 6.00. The average Bonchev–Trinajstić information content (AvgIpc) is 2.52. The SMILES string of the molecule is C/C(=N\NC(=O)c1ccc(C(C)C)cc1)c1cccc(C)c1. The number of rotatable bonds is 4. The van der Waals surface area contributed by atoms with Crippen LogP contribution < -0.4 is 5.43 Å². The maximum absolute atomic E-state index is 12.1. The lowest BCUT2D eigenvalue weighted by Crippen LogP contribution is -2.19. The van der Waals surface area contributed by atoms with Crippen molar-refractivity contribution in [2.24, 2.45) is 5.10 Å². The van der Waals surface area contributed by atoms with E-state index in [2.05, 4.69) is 24.4 Å². The highest BCUT2D eigenvalue weighted by Crippen LogP contribution is 2.14. The summed E-state index contributed by atoms with van der Waals surface area (Å²) in [6.07, 6.45) is 0. The molecule has 0 fully saturated rings. The van der Waals surface area contributed by atoms with Gasteiger partial charge in [-0.2, -0.15) is 5.10 Å². The van der Waals surface area contributed by atoms with E-state index in [9.17, 15) is 4.79 Å². The molecular weight excluding hydrogens is 272 g/mol. The van der Waals surface area contributed by atoms with Gasteiger partial charge >= 0.3 is 0 Å². The first-order valence-electron chi connectivity index (χ1n) is 7.49. The summed E-state index contributed by atoms with van der Waals surface area (Å²) >= 11 is 0. The Kier molecular flexibility index (Phi) is 5.10. The van der Waals surface area contributed by atoms with Crippen LogP contribution in [0.15, 0.2) is 53.6 Å². The maximum atomic E-state index is 12.1. The van der Waals surface area contributed by atoms with Crippen LogP contribution in [0.25, 0.3) is 0 Å². The van der Waals surface area contributed by atoms with Crippen LogP contribution in [0.3, 0.4) is 0 Å². The number of hydrazone groups is 1. The monoisotopic (exact) mass is 294 g/mol. The number of hydrogen-bond donors (Lipinski definition) is 1. The third-order valence-corrected chi connectivity index (χ3v) is 3.60. The summed E-state index contributed by atoms with van der Waals surface area (Å²) in [6, 6.07) is 15.7. The predicted molar refractivity (Wildman–Crippen MR) is 91.4 cm³/mol. The predicted octanol–water partition coefficient (Wildman–Crippen LogP) is 4.27. The van der Waals surface area contributed by atoms with E-state index in [0.29, 0.717) is 11.5 Å². The molecule has 22 heavy (non-hydrogen) atoms. The Morgan fingerprint density at radius 1 is 1.05 bits per heavy atom. The lowest BCUT2D eigenvalue weighted by molar-refractivity contribution is 0.0955. The quantitative estimate of drug-likeness (QED) is 0.664. The number of aryl methyl sites for hydroxylation is 1. The van der Waals surface area contributed by atoms with Gasteiger partial charge in [-0.15, -0.1) is 0 Å². The molecule has 2 rings (SSSR count). The number of nitrogens with one attached hydrogen (secondary N) is 1. The van der Waals surface area contributed by atoms with Gasteiger partial charge in [0, 0.05) is 5.56 Å². The molecule has 2 aromatic carbocycles. The number of nitrogens with zero attached hydrogens (tertiary/aromatic N) is 1. The molecule has 2 aromatic rings. The molecule has 0 spiro atoms. The normalized spacial score (nSPS) is 11.6. The van der Waals surface area contributed by atoms with E-state index in [-0.39, 0.29) is 5.91 Å². The molecule has 0 saturated carbocycles. The fraction of sp³-hybridized carbons (Fsp3) is 0.263. The molecule has 0 radical (unpaired) electrons. The fourth-order valence-corrected chi connectivity index (χ4v) is 2.15. The second kappa shape index (κ2) is 7.03. The minimum Gasteiger partial charge on any atom is -0.267 e. The number of carbonyl (C=O) groups is 1. The zero-order valence-corrected chi connectivity index (χ0v) is 13.6. The van der Waals surface area contributed by atoms with Crippen LogP contribution in [0.2, 0.25) is 0 Å². The lowest BCUT2D eigenvalue weighted by Gasteiger charge is -2.07. The smallest absolute Gasteiger partial charge is 0.267 e. The van der Waals surface area contributed by atoms with Crippen molar-refractivity contribution >= 4 is 11.6 Å². The van der Waals surface area contributed by atoms with E-state index in [1.54, 1.807) is 0 Å². The maximum Gasteiger partial charge on any atom is 0.271 e. The van der Waals surface area contributed by atoms with Crippen molar-refractivity contribution < 1.29 is 4.79 Å². The zero-order chi connectivity index (χ0) is 16.1. The van der Waals surface area contributed by atoms with E-state index in [1.807, 2.05) is 62.4 Å². The molecule has 3 heteroatoms. The average molecular weight is 294 g/mol. The summed E-state index contributed by atoms with van der Waals surface area (Å²) in [5, 5.41) is 4.19. The van der Waals surface area contributed by atoms with Crippen molar-refractivity contribution in [1.82, 2.24) is 5.43 Å². The molecule has 114 valence electrons. The molecule has 0 atom stereocenters. The summed E-state index contributed by atoms with van der Waals surface area (Å²) in [6.45, 7) is 8.18. The van der Waals surface area contributed by atoms with Gasteiger partial charge in [0.15, 0.2) is 0 Å². The van der Waals surface area contributed by atoms with Gasteiger partial charge in [-0.1, -0.05) is 55.8 Å². The Labute approximate surface area is 132 Å². The van der Waals surface area contributed by atoms with Crippen LogP contribution in [0.5, 0.6) is 0 Å². The van der Waals surface area contributed by atoms with E-state index in [0.717, 1.165) is 11.3 Å². The van der Waals surface area contributed by atoms with Gasteiger partial charge in [0.05, 0.1) is 5.71 Å². The summed E-state index contributed by atoms with van der Waals surface area (Å²) < 4.78 is 0. The van der Waals surface area contributed by atoms with Crippen molar-refractivity contribution in [1.29, 1.82) is 0 Å². The first-order chi connectivity index (χ1) is 10.5. The number of amides is 1. The molecule has 0 unspecified atom stereocenters. The Morgan fingerprint density at radius 2 is 1.73 bits per heavy atom. The van der Waals surface area contributed by atoms with Crippen LogP contribution in [-0.2, 0) is 0 Å². The standard InChI is InChI=1S/C19H22N2O/c1-13(2)16-8-10-17(11-9-16)19(22)21-20-15(4)18-7-5-6-14(3)12-18/h5-13H,1-4H3,(H,21,22)/b20-15+. The number of hydrogen-bond acceptors (Lipinski definition) is 2. The van der Waals surface area contributed by atoms with Gasteiger partial charge in [-0.25, -0.2) is 5.43 Å². The Balaban J connectivity index is 2.07. The van der Waals surface area contributed by atoms with Crippen molar-refractivity contribution in [2.45, 2.75) is 33.6 Å². The van der Waals surface area contributed by atoms with Crippen molar-refractivity contribution in [3.63, 3.8) is 0 Å². The third kappa shape index (κ3) is 4.04. The second-order valence-electron chi connectivity index (χ2n) is 5.78. The molecule has 1 N–H and O–H groups in total. The minimum atomic E-state index is -0.192. The molecule has 0 aromatic heterocycles. The van der Waals surface area contributed by atoms with E-state index >= 15 is 0 Å². The molecule has 0 aliphatic rings. The van der Waals surface area contributed by atoms with Gasteiger partial charge in [0.2, 0.25) is 0 Å². The van der Waals surface area contributed by atoms with Crippen LogP contribution in [0.1, 0.15) is 53.7 Å². The molecule has 0 aliphatic carbocycles. The summed E-state index contributed by atoms with van der Waals surface area (Å²) in [5.41, 5.74) is 7.42. The van der Waals surface area contributed by atoms with Crippen molar-refractivity contribution in [3.05, 3.63) is 70.8 Å². The Bertz CT molecular complexity index is 685. The molecule has 0 aliphatic heterocycles. The number of benzene rings is 2. The van der Waals surface area contributed by atoms with Crippen molar-refractivity contribution in [2.75, 3.05) is 0 Å². The van der Waals surface area contributed by atoms with E-state index < -0.39 is 0 Å². The van der Waals surface area contributed by atoms with Gasteiger partial charge in [-0.3, -0.25) is 4.79 Å². The van der Waals surface area contributed by atoms with Gasteiger partial charge in [-0.05, 0) is 43.0 Å². The third-order valence-electron chi connectivity index (χ3n) is 3.60. The lowest BCUT2D eigenvalue weighted by atomic mass is 10.0. The Hall–Kier alpha value is -2.42. The largest absolute Gasteiger partial charge is 0.271 e. The molecular formula is C19H22N2O. The van der Waals surface area contributed by atoms with Crippen LogP contribution in [-0.4, -0.2) is 11.6 Å². The summed E-state index contributed by atoms with van der Waals surface area (Å²) in [7, 11) is 0. The topological polar surface area (TPSA) is 41.5 Å². The molecule has 0 bridgehead atoms. The first-order valence-corrected chi connectivity index (χ1v) is 7.49. The van der Waals surface area contributed by atoms with Crippen LogP contribution in [0, 0.1) is 6.92 Å². The second-order valence-corrected chi connectivity index (χ2v) is 5.78. The molecule has 0 saturated heterocycles. The molecule has 3 nitrogen and oxygen atoms in total. The highest BCUT2D eigenvalue weighted by atomic mass is 16.2. The van der Waals surface area contributed by atoms with Crippen molar-refractivity contribution in [3.8, 4) is 0 Å². The highest BCUT2D eigenvalue weighted by Gasteiger charge is 2.06. The number of carbonyl (C=O) groups excluding carboxylic acids is 1. The zero-order valence-electron chi connectivity index (χ0n) is 13.6. The van der Waals surface area contributed by atoms with Crippen LogP contribution >= 0.6 is 0 Å². The fourth-order valence-electron chi connectivity index (χ4n) is 2.15. The Morgan fingerprint density at radius 3 is 2.32 bits per heavy atom. The first kappa shape index (κ1) is 16.0. The molecule has 0 heterocycles. The van der Waals surface area contributed by atoms with Crippen LogP contribution in [0.4, 0.5) is 0 Å². The van der Waals surface area contributed by atoms with Gasteiger partial charge < -0.3 is 0 Å². The summed E-state index contributed by atoms with van der Waals surface area (Å²) in [4.78, 5) is 12.1. The van der Waals surface area contributed by atoms with E-state index in [1.165, 1.54) is 11.1 Å². The van der Waals surface area contributed by atoms with Gasteiger partial charge in [0.1, 0.15) is 0 Å². The summed E-state index contributed by atoms with van der Waals surface area (Å²) in [5.74, 6) is 0.265. The molecule has 1 amide bonds. The minimum absolute atomic E-state index is 0.192. The van der Waals surface area contributed by atoms with Gasteiger partial charge in [0.25, 0.3) is 5.91 Å². The van der Waals surface area contributed by atoms with E-state index in [4.69, 9.17) is 0 Å².